The first-order valence-corrected chi connectivity index (χ1v) is 9.54. The number of fused-ring (bicyclic) bond motifs is 1. The number of nitrogens with one attached hydrogen (secondary N) is 1. The van der Waals surface area contributed by atoms with Gasteiger partial charge < -0.3 is 10.1 Å². The summed E-state index contributed by atoms with van der Waals surface area (Å²) in [5.74, 6) is 0.839. The number of rotatable bonds is 4. The van der Waals surface area contributed by atoms with Crippen LogP contribution in [0.4, 0.5) is 5.69 Å². The number of thiophene rings is 1. The first-order chi connectivity index (χ1) is 12.5. The van der Waals surface area contributed by atoms with Crippen molar-refractivity contribution in [2.75, 3.05) is 12.4 Å². The molecule has 132 valence electrons. The van der Waals surface area contributed by atoms with Crippen molar-refractivity contribution in [3.8, 4) is 16.9 Å². The Morgan fingerprint density at radius 2 is 1.96 bits per heavy atom. The van der Waals surface area contributed by atoms with Gasteiger partial charge in [0.25, 0.3) is 0 Å². The van der Waals surface area contributed by atoms with Crippen molar-refractivity contribution in [3.05, 3.63) is 69.4 Å². The maximum atomic E-state index is 12.8. The summed E-state index contributed by atoms with van der Waals surface area (Å²) in [6, 6.07) is 17.9. The Bertz CT molecular complexity index is 997. The number of benzene rings is 2. The zero-order chi connectivity index (χ0) is 18.3. The normalized spacial score (nSPS) is 18.5. The highest BCUT2D eigenvalue weighted by Crippen LogP contribution is 2.44. The molecule has 5 heteroatoms. The van der Waals surface area contributed by atoms with Gasteiger partial charge in [-0.1, -0.05) is 35.9 Å². The van der Waals surface area contributed by atoms with E-state index in [-0.39, 0.29) is 5.91 Å². The summed E-state index contributed by atoms with van der Waals surface area (Å²) in [4.78, 5) is 13.9. The molecule has 3 nitrogen and oxygen atoms in total. The van der Waals surface area contributed by atoms with Gasteiger partial charge in [-0.05, 0) is 48.4 Å². The largest absolute Gasteiger partial charge is 0.496 e. The van der Waals surface area contributed by atoms with Crippen LogP contribution in [0, 0.1) is 0 Å². The second-order valence-corrected chi connectivity index (χ2v) is 8.43. The van der Waals surface area contributed by atoms with Crippen molar-refractivity contribution in [2.24, 2.45) is 0 Å². The van der Waals surface area contributed by atoms with E-state index in [0.717, 1.165) is 37.3 Å². The van der Waals surface area contributed by atoms with Gasteiger partial charge in [-0.15, -0.1) is 11.3 Å². The highest BCUT2D eigenvalue weighted by molar-refractivity contribution is 7.16. The lowest BCUT2D eigenvalue weighted by Crippen LogP contribution is -2.33. The predicted octanol–water partition coefficient (Wildman–Crippen LogP) is 5.53. The molecule has 0 saturated carbocycles. The van der Waals surface area contributed by atoms with E-state index in [2.05, 4.69) is 11.4 Å². The monoisotopic (exact) mass is 383 g/mol. The molecular formula is C21H18ClNO2S. The summed E-state index contributed by atoms with van der Waals surface area (Å²) in [5, 5.41) is 3.02. The Kier molecular flexibility index (Phi) is 4.25. The predicted molar refractivity (Wildman–Crippen MR) is 107 cm³/mol. The maximum absolute atomic E-state index is 12.8. The van der Waals surface area contributed by atoms with E-state index in [1.54, 1.807) is 7.11 Å². The number of hydrogen-bond acceptors (Lipinski definition) is 3. The van der Waals surface area contributed by atoms with Gasteiger partial charge in [0, 0.05) is 22.5 Å². The van der Waals surface area contributed by atoms with E-state index in [0.29, 0.717) is 6.42 Å². The SMILES string of the molecule is COc1ccccc1-c1ccc2c(c1)C(C)(Cc1ccc(Cl)s1)C(=O)N2. The van der Waals surface area contributed by atoms with E-state index >= 15 is 0 Å². The van der Waals surface area contributed by atoms with Gasteiger partial charge in [0.15, 0.2) is 0 Å². The van der Waals surface area contributed by atoms with Gasteiger partial charge >= 0.3 is 0 Å². The molecule has 0 fully saturated rings. The number of carbonyl (C=O) groups excluding carboxylic acids is 1. The minimum Gasteiger partial charge on any atom is -0.496 e. The van der Waals surface area contributed by atoms with Crippen LogP contribution in [0.5, 0.6) is 5.75 Å². The third-order valence-corrected chi connectivity index (χ3v) is 6.17. The third kappa shape index (κ3) is 2.79. The average Bonchev–Trinajstić information content (AvgIpc) is 3.16. The first kappa shape index (κ1) is 17.1. The molecule has 2 aromatic carbocycles. The standard InChI is InChI=1S/C21H18ClNO2S/c1-21(12-14-8-10-19(22)26-14)16-11-13(7-9-17(16)23-20(21)24)15-5-3-4-6-18(15)25-2/h3-11H,12H2,1-2H3,(H,23,24). The molecule has 0 radical (unpaired) electrons. The topological polar surface area (TPSA) is 38.3 Å². The zero-order valence-corrected chi connectivity index (χ0v) is 16.1. The molecule has 0 bridgehead atoms. The van der Waals surface area contributed by atoms with E-state index in [1.165, 1.54) is 11.3 Å². The van der Waals surface area contributed by atoms with Crippen LogP contribution >= 0.6 is 22.9 Å². The molecule has 1 aliphatic heterocycles. The number of anilines is 1. The lowest BCUT2D eigenvalue weighted by molar-refractivity contribution is -0.120. The molecule has 26 heavy (non-hydrogen) atoms. The molecular weight excluding hydrogens is 366 g/mol. The van der Waals surface area contributed by atoms with Crippen LogP contribution in [0.2, 0.25) is 4.34 Å². The summed E-state index contributed by atoms with van der Waals surface area (Å²) >= 11 is 7.59. The van der Waals surface area contributed by atoms with Crippen molar-refractivity contribution >= 4 is 34.5 Å². The number of para-hydroxylation sites is 1. The lowest BCUT2D eigenvalue weighted by Gasteiger charge is -2.22. The highest BCUT2D eigenvalue weighted by atomic mass is 35.5. The minimum atomic E-state index is -0.623. The summed E-state index contributed by atoms with van der Waals surface area (Å²) in [5.41, 5.74) is 3.31. The molecule has 1 aromatic heterocycles. The van der Waals surface area contributed by atoms with Crippen molar-refractivity contribution in [2.45, 2.75) is 18.8 Å². The van der Waals surface area contributed by atoms with Gasteiger partial charge in [0.05, 0.1) is 16.9 Å². The van der Waals surface area contributed by atoms with Gasteiger partial charge in [-0.2, -0.15) is 0 Å². The van der Waals surface area contributed by atoms with E-state index in [4.69, 9.17) is 16.3 Å². The Balaban J connectivity index is 1.79. The first-order valence-electron chi connectivity index (χ1n) is 8.35. The van der Waals surface area contributed by atoms with E-state index < -0.39 is 5.41 Å². The van der Waals surface area contributed by atoms with E-state index in [1.807, 2.05) is 55.5 Å². The number of ether oxygens (including phenoxy) is 1. The number of methoxy groups -OCH3 is 1. The average molecular weight is 384 g/mol. The Morgan fingerprint density at radius 3 is 2.69 bits per heavy atom. The number of carbonyl (C=O) groups is 1. The highest BCUT2D eigenvalue weighted by Gasteiger charge is 2.43. The van der Waals surface area contributed by atoms with Gasteiger partial charge in [0.2, 0.25) is 5.91 Å². The Hall–Kier alpha value is -2.30. The molecule has 1 N–H and O–H groups in total. The Morgan fingerprint density at radius 1 is 1.15 bits per heavy atom. The van der Waals surface area contributed by atoms with Crippen LogP contribution < -0.4 is 10.1 Å². The molecule has 1 amide bonds. The summed E-state index contributed by atoms with van der Waals surface area (Å²) in [7, 11) is 1.67. The van der Waals surface area contributed by atoms with Crippen LogP contribution in [-0.2, 0) is 16.6 Å². The van der Waals surface area contributed by atoms with Crippen LogP contribution in [0.15, 0.2) is 54.6 Å². The van der Waals surface area contributed by atoms with Gasteiger partial charge in [-0.3, -0.25) is 4.79 Å². The fourth-order valence-corrected chi connectivity index (χ4v) is 4.76. The molecule has 1 atom stereocenters. The molecule has 1 aliphatic rings. The van der Waals surface area contributed by atoms with Crippen molar-refractivity contribution in [3.63, 3.8) is 0 Å². The summed E-state index contributed by atoms with van der Waals surface area (Å²) < 4.78 is 6.24. The number of hydrogen-bond donors (Lipinski definition) is 1. The third-order valence-electron chi connectivity index (χ3n) is 4.94. The van der Waals surface area contributed by atoms with Gasteiger partial charge in [-0.25, -0.2) is 0 Å². The molecule has 4 rings (SSSR count). The molecule has 2 heterocycles. The van der Waals surface area contributed by atoms with Crippen molar-refractivity contribution in [1.29, 1.82) is 0 Å². The summed E-state index contributed by atoms with van der Waals surface area (Å²) in [6.07, 6.45) is 0.624. The molecule has 1 unspecified atom stereocenters. The number of halogens is 1. The maximum Gasteiger partial charge on any atom is 0.235 e. The molecule has 0 aliphatic carbocycles. The second kappa shape index (κ2) is 6.45. The fourth-order valence-electron chi connectivity index (χ4n) is 3.51. The molecule has 0 spiro atoms. The van der Waals surface area contributed by atoms with Crippen LogP contribution in [-0.4, -0.2) is 13.0 Å². The van der Waals surface area contributed by atoms with Crippen molar-refractivity contribution in [1.82, 2.24) is 0 Å². The zero-order valence-electron chi connectivity index (χ0n) is 14.5. The quantitative estimate of drug-likeness (QED) is 0.643. The molecule has 3 aromatic rings. The van der Waals surface area contributed by atoms with E-state index in [9.17, 15) is 4.79 Å². The van der Waals surface area contributed by atoms with Crippen LogP contribution in [0.3, 0.4) is 0 Å². The molecule has 0 saturated heterocycles. The minimum absolute atomic E-state index is 0.0224. The fraction of sp³-hybridized carbons (Fsp3) is 0.190. The van der Waals surface area contributed by atoms with Crippen molar-refractivity contribution < 1.29 is 9.53 Å². The lowest BCUT2D eigenvalue weighted by atomic mass is 9.79. The summed E-state index contributed by atoms with van der Waals surface area (Å²) in [6.45, 7) is 1.99. The smallest absolute Gasteiger partial charge is 0.235 e. The van der Waals surface area contributed by atoms with Gasteiger partial charge in [0.1, 0.15) is 5.75 Å². The second-order valence-electron chi connectivity index (χ2n) is 6.63. The van der Waals surface area contributed by atoms with Crippen LogP contribution in [0.1, 0.15) is 17.4 Å². The number of amides is 1. The Labute approximate surface area is 161 Å². The van der Waals surface area contributed by atoms with Crippen LogP contribution in [0.25, 0.3) is 11.1 Å².